The standard InChI is InChI=1S/C10H19NO5S/c1-7(10(13)14)17(15,16)11-8-5-3-2-4-6-9(8)12/h7-9,11-12H,2-6H2,1H3,(H,13,14). The third-order valence-electron chi connectivity index (χ3n) is 3.11. The average Bonchev–Trinajstić information content (AvgIpc) is 2.43. The highest BCUT2D eigenvalue weighted by Crippen LogP contribution is 2.19. The molecule has 1 fully saturated rings. The van der Waals surface area contributed by atoms with Crippen molar-refractivity contribution in [2.45, 2.75) is 56.4 Å². The van der Waals surface area contributed by atoms with Gasteiger partial charge >= 0.3 is 5.97 Å². The van der Waals surface area contributed by atoms with E-state index in [9.17, 15) is 18.3 Å². The summed E-state index contributed by atoms with van der Waals surface area (Å²) >= 11 is 0. The van der Waals surface area contributed by atoms with Crippen molar-refractivity contribution in [2.75, 3.05) is 0 Å². The van der Waals surface area contributed by atoms with Crippen molar-refractivity contribution in [3.8, 4) is 0 Å². The van der Waals surface area contributed by atoms with Gasteiger partial charge in [-0.3, -0.25) is 4.79 Å². The summed E-state index contributed by atoms with van der Waals surface area (Å²) in [7, 11) is -3.92. The fourth-order valence-electron chi connectivity index (χ4n) is 1.87. The van der Waals surface area contributed by atoms with Crippen molar-refractivity contribution in [2.24, 2.45) is 0 Å². The van der Waals surface area contributed by atoms with Crippen LogP contribution in [0.5, 0.6) is 0 Å². The first-order valence-corrected chi connectivity index (χ1v) is 7.31. The van der Waals surface area contributed by atoms with E-state index < -0.39 is 33.4 Å². The summed E-state index contributed by atoms with van der Waals surface area (Å²) in [5, 5.41) is 16.9. The van der Waals surface area contributed by atoms with Gasteiger partial charge in [-0.05, 0) is 19.8 Å². The molecule has 3 unspecified atom stereocenters. The van der Waals surface area contributed by atoms with E-state index in [2.05, 4.69) is 4.72 Å². The fraction of sp³-hybridized carbons (Fsp3) is 0.900. The van der Waals surface area contributed by atoms with Crippen LogP contribution in [-0.4, -0.2) is 42.0 Å². The van der Waals surface area contributed by atoms with Crippen LogP contribution >= 0.6 is 0 Å². The summed E-state index contributed by atoms with van der Waals surface area (Å²) in [6, 6.07) is -0.565. The first-order valence-electron chi connectivity index (χ1n) is 5.76. The Hall–Kier alpha value is -0.660. The third-order valence-corrected chi connectivity index (χ3v) is 4.87. The normalized spacial score (nSPS) is 28.4. The molecule has 0 heterocycles. The molecular weight excluding hydrogens is 246 g/mol. The van der Waals surface area contributed by atoms with Crippen LogP contribution in [0.15, 0.2) is 0 Å². The zero-order valence-electron chi connectivity index (χ0n) is 9.80. The summed E-state index contributed by atoms with van der Waals surface area (Å²) in [6.45, 7) is 1.12. The minimum absolute atomic E-state index is 0.548. The predicted molar refractivity (Wildman–Crippen MR) is 62.0 cm³/mol. The molecular formula is C10H19NO5S. The van der Waals surface area contributed by atoms with E-state index in [1.807, 2.05) is 0 Å². The van der Waals surface area contributed by atoms with Crippen molar-refractivity contribution in [3.05, 3.63) is 0 Å². The minimum atomic E-state index is -3.92. The average molecular weight is 265 g/mol. The maximum absolute atomic E-state index is 11.7. The zero-order chi connectivity index (χ0) is 13.1. The summed E-state index contributed by atoms with van der Waals surface area (Å²) < 4.78 is 25.7. The molecule has 0 amide bonds. The molecule has 1 rings (SSSR count). The van der Waals surface area contributed by atoms with Gasteiger partial charge in [0.05, 0.1) is 6.10 Å². The van der Waals surface area contributed by atoms with Crippen LogP contribution in [0, 0.1) is 0 Å². The van der Waals surface area contributed by atoms with Crippen molar-refractivity contribution < 1.29 is 23.4 Å². The molecule has 1 aliphatic rings. The fourth-order valence-corrected chi connectivity index (χ4v) is 3.04. The largest absolute Gasteiger partial charge is 0.480 e. The van der Waals surface area contributed by atoms with Crippen LogP contribution in [0.25, 0.3) is 0 Å². The summed E-state index contributed by atoms with van der Waals surface area (Å²) in [5.41, 5.74) is 0. The second-order valence-corrected chi connectivity index (χ2v) is 6.49. The molecule has 0 aromatic carbocycles. The molecule has 0 saturated heterocycles. The van der Waals surface area contributed by atoms with Crippen molar-refractivity contribution in [1.29, 1.82) is 0 Å². The van der Waals surface area contributed by atoms with E-state index in [4.69, 9.17) is 5.11 Å². The Morgan fingerprint density at radius 2 is 1.88 bits per heavy atom. The number of aliphatic hydroxyl groups is 1. The summed E-state index contributed by atoms with van der Waals surface area (Å²) in [4.78, 5) is 10.7. The quantitative estimate of drug-likeness (QED) is 0.624. The molecule has 3 N–H and O–H groups in total. The van der Waals surface area contributed by atoms with Crippen molar-refractivity contribution in [3.63, 3.8) is 0 Å². The van der Waals surface area contributed by atoms with Gasteiger partial charge in [0.25, 0.3) is 0 Å². The molecule has 0 bridgehead atoms. The van der Waals surface area contributed by atoms with Crippen LogP contribution < -0.4 is 4.72 Å². The number of carbonyl (C=O) groups is 1. The summed E-state index contributed by atoms with van der Waals surface area (Å²) in [6.07, 6.45) is 3.04. The molecule has 0 spiro atoms. The number of aliphatic hydroxyl groups excluding tert-OH is 1. The van der Waals surface area contributed by atoms with Crippen LogP contribution in [0.4, 0.5) is 0 Å². The molecule has 7 heteroatoms. The van der Waals surface area contributed by atoms with Crippen LogP contribution in [0.3, 0.4) is 0 Å². The van der Waals surface area contributed by atoms with Gasteiger partial charge in [-0.15, -0.1) is 0 Å². The van der Waals surface area contributed by atoms with E-state index in [1.54, 1.807) is 0 Å². The van der Waals surface area contributed by atoms with E-state index in [1.165, 1.54) is 0 Å². The topological polar surface area (TPSA) is 104 Å². The Morgan fingerprint density at radius 1 is 1.29 bits per heavy atom. The van der Waals surface area contributed by atoms with E-state index >= 15 is 0 Å². The molecule has 0 aliphatic heterocycles. The lowest BCUT2D eigenvalue weighted by Gasteiger charge is -2.22. The first-order chi connectivity index (χ1) is 7.84. The third kappa shape index (κ3) is 3.93. The van der Waals surface area contributed by atoms with Gasteiger partial charge in [0, 0.05) is 6.04 Å². The van der Waals surface area contributed by atoms with Crippen molar-refractivity contribution >= 4 is 16.0 Å². The van der Waals surface area contributed by atoms with Gasteiger partial charge in [0.1, 0.15) is 0 Å². The lowest BCUT2D eigenvalue weighted by molar-refractivity contribution is -0.136. The Bertz CT molecular complexity index is 367. The van der Waals surface area contributed by atoms with Crippen molar-refractivity contribution in [1.82, 2.24) is 4.72 Å². The van der Waals surface area contributed by atoms with Gasteiger partial charge in [-0.2, -0.15) is 0 Å². The lowest BCUT2D eigenvalue weighted by Crippen LogP contribution is -2.47. The van der Waals surface area contributed by atoms with Gasteiger partial charge in [-0.25, -0.2) is 13.1 Å². The maximum atomic E-state index is 11.7. The molecule has 0 radical (unpaired) electrons. The van der Waals surface area contributed by atoms with Gasteiger partial charge in [-0.1, -0.05) is 19.3 Å². The van der Waals surface area contributed by atoms with Gasteiger partial charge < -0.3 is 10.2 Å². The number of sulfonamides is 1. The monoisotopic (exact) mass is 265 g/mol. The molecule has 1 aliphatic carbocycles. The lowest BCUT2D eigenvalue weighted by atomic mass is 10.1. The first kappa shape index (κ1) is 14.4. The van der Waals surface area contributed by atoms with Gasteiger partial charge in [0.2, 0.25) is 10.0 Å². The van der Waals surface area contributed by atoms with Crippen LogP contribution in [0.1, 0.15) is 39.0 Å². The number of carboxylic acid groups (broad SMARTS) is 1. The second-order valence-electron chi connectivity index (χ2n) is 4.46. The smallest absolute Gasteiger partial charge is 0.323 e. The number of rotatable bonds is 4. The highest BCUT2D eigenvalue weighted by atomic mass is 32.2. The van der Waals surface area contributed by atoms with E-state index in [0.717, 1.165) is 26.2 Å². The van der Waals surface area contributed by atoms with E-state index in [-0.39, 0.29) is 0 Å². The van der Waals surface area contributed by atoms with Crippen LogP contribution in [-0.2, 0) is 14.8 Å². The Balaban J connectivity index is 2.71. The molecule has 6 nitrogen and oxygen atoms in total. The molecule has 100 valence electrons. The Kier molecular flexibility index (Phi) is 4.91. The van der Waals surface area contributed by atoms with E-state index in [0.29, 0.717) is 12.8 Å². The molecule has 0 aromatic heterocycles. The summed E-state index contributed by atoms with van der Waals surface area (Å²) in [5.74, 6) is -1.39. The predicted octanol–water partition coefficient (Wildman–Crippen LogP) is 0.0725. The highest BCUT2D eigenvalue weighted by molar-refractivity contribution is 7.90. The molecule has 17 heavy (non-hydrogen) atoms. The minimum Gasteiger partial charge on any atom is -0.480 e. The Morgan fingerprint density at radius 3 is 2.47 bits per heavy atom. The molecule has 3 atom stereocenters. The number of hydrogen-bond donors (Lipinski definition) is 3. The molecule has 0 aromatic rings. The number of nitrogens with one attached hydrogen (secondary N) is 1. The SMILES string of the molecule is CC(C(=O)O)S(=O)(=O)NC1CCCCCC1O. The molecule has 1 saturated carbocycles. The Labute approximate surface area is 101 Å². The highest BCUT2D eigenvalue weighted by Gasteiger charge is 2.32. The maximum Gasteiger partial charge on any atom is 0.323 e. The number of carboxylic acids is 1. The van der Waals surface area contributed by atoms with Gasteiger partial charge in [0.15, 0.2) is 5.25 Å². The van der Waals surface area contributed by atoms with Crippen LogP contribution in [0.2, 0.25) is 0 Å². The number of aliphatic carboxylic acids is 1. The second kappa shape index (κ2) is 5.79. The zero-order valence-corrected chi connectivity index (χ0v) is 10.6. The number of hydrogen-bond acceptors (Lipinski definition) is 4.